The Morgan fingerprint density at radius 2 is 1.90 bits per heavy atom. The standard InChI is InChI=1S/C14H20N4O2/c1-4-18-6-5-16-14(18)13(17-15)10-7-11(19-2)9-12(8-10)20-3/h5-9,13,17H,4,15H2,1-3H3. The van der Waals surface area contributed by atoms with Crippen molar-refractivity contribution in [1.29, 1.82) is 0 Å². The summed E-state index contributed by atoms with van der Waals surface area (Å²) in [6.45, 7) is 2.89. The molecule has 1 unspecified atom stereocenters. The zero-order chi connectivity index (χ0) is 14.5. The molecule has 1 atom stereocenters. The van der Waals surface area contributed by atoms with Crippen molar-refractivity contribution in [2.75, 3.05) is 14.2 Å². The molecule has 0 amide bonds. The summed E-state index contributed by atoms with van der Waals surface area (Å²) < 4.78 is 12.6. The maximum atomic E-state index is 5.72. The number of ether oxygens (including phenoxy) is 2. The predicted molar refractivity (Wildman–Crippen MR) is 76.6 cm³/mol. The van der Waals surface area contributed by atoms with E-state index in [9.17, 15) is 0 Å². The van der Waals surface area contributed by atoms with E-state index in [1.807, 2.05) is 29.0 Å². The molecule has 0 aliphatic carbocycles. The normalized spacial score (nSPS) is 12.2. The number of hydrogen-bond donors (Lipinski definition) is 2. The van der Waals surface area contributed by atoms with Gasteiger partial charge in [0, 0.05) is 25.0 Å². The van der Waals surface area contributed by atoms with E-state index in [2.05, 4.69) is 17.3 Å². The molecule has 6 heteroatoms. The number of hydrazine groups is 1. The molecule has 0 aliphatic heterocycles. The maximum absolute atomic E-state index is 5.72. The van der Waals surface area contributed by atoms with E-state index < -0.39 is 0 Å². The van der Waals surface area contributed by atoms with E-state index >= 15 is 0 Å². The van der Waals surface area contributed by atoms with Crippen LogP contribution in [0, 0.1) is 0 Å². The van der Waals surface area contributed by atoms with Gasteiger partial charge in [0.05, 0.1) is 14.2 Å². The number of rotatable bonds is 6. The first kappa shape index (κ1) is 14.4. The first-order valence-corrected chi connectivity index (χ1v) is 6.43. The zero-order valence-electron chi connectivity index (χ0n) is 12.0. The van der Waals surface area contributed by atoms with Gasteiger partial charge in [-0.25, -0.2) is 10.4 Å². The highest BCUT2D eigenvalue weighted by Gasteiger charge is 2.19. The largest absolute Gasteiger partial charge is 0.497 e. The second-order valence-corrected chi connectivity index (χ2v) is 4.32. The van der Waals surface area contributed by atoms with E-state index in [0.717, 1.165) is 17.9 Å². The fourth-order valence-electron chi connectivity index (χ4n) is 2.16. The monoisotopic (exact) mass is 276 g/mol. The van der Waals surface area contributed by atoms with Gasteiger partial charge in [-0.15, -0.1) is 0 Å². The first-order chi connectivity index (χ1) is 9.73. The maximum Gasteiger partial charge on any atom is 0.131 e. The Labute approximate surface area is 118 Å². The molecule has 0 radical (unpaired) electrons. The summed E-state index contributed by atoms with van der Waals surface area (Å²) in [4.78, 5) is 4.38. The van der Waals surface area contributed by atoms with Gasteiger partial charge in [-0.05, 0) is 24.6 Å². The molecule has 2 aromatic rings. The van der Waals surface area contributed by atoms with Crippen LogP contribution in [0.4, 0.5) is 0 Å². The smallest absolute Gasteiger partial charge is 0.131 e. The van der Waals surface area contributed by atoms with Gasteiger partial charge in [0.15, 0.2) is 0 Å². The topological polar surface area (TPSA) is 74.3 Å². The summed E-state index contributed by atoms with van der Waals surface area (Å²) in [5.41, 5.74) is 3.74. The van der Waals surface area contributed by atoms with Crippen molar-refractivity contribution in [2.45, 2.75) is 19.5 Å². The van der Waals surface area contributed by atoms with Gasteiger partial charge in [0.25, 0.3) is 0 Å². The molecule has 0 aliphatic rings. The fourth-order valence-corrected chi connectivity index (χ4v) is 2.16. The van der Waals surface area contributed by atoms with Crippen molar-refractivity contribution in [3.8, 4) is 11.5 Å². The summed E-state index contributed by atoms with van der Waals surface area (Å²) in [5.74, 6) is 8.00. The molecule has 108 valence electrons. The van der Waals surface area contributed by atoms with Gasteiger partial charge in [-0.2, -0.15) is 0 Å². The average molecular weight is 276 g/mol. The quantitative estimate of drug-likeness (QED) is 0.617. The van der Waals surface area contributed by atoms with Crippen LogP contribution in [0.5, 0.6) is 11.5 Å². The predicted octanol–water partition coefficient (Wildman–Crippen LogP) is 1.47. The number of nitrogens with zero attached hydrogens (tertiary/aromatic N) is 2. The Morgan fingerprint density at radius 1 is 1.25 bits per heavy atom. The van der Waals surface area contributed by atoms with Gasteiger partial charge < -0.3 is 14.0 Å². The summed E-state index contributed by atoms with van der Waals surface area (Å²) in [6, 6.07) is 5.43. The summed E-state index contributed by atoms with van der Waals surface area (Å²) in [7, 11) is 3.24. The van der Waals surface area contributed by atoms with E-state index in [4.69, 9.17) is 15.3 Å². The Kier molecular flexibility index (Phi) is 4.60. The number of nitrogens with one attached hydrogen (secondary N) is 1. The number of benzene rings is 1. The number of nitrogens with two attached hydrogens (primary N) is 1. The Bertz CT molecular complexity index is 546. The van der Waals surface area contributed by atoms with Crippen LogP contribution >= 0.6 is 0 Å². The molecule has 0 fully saturated rings. The lowest BCUT2D eigenvalue weighted by molar-refractivity contribution is 0.392. The van der Waals surface area contributed by atoms with Gasteiger partial charge >= 0.3 is 0 Å². The van der Waals surface area contributed by atoms with Crippen molar-refractivity contribution < 1.29 is 9.47 Å². The zero-order valence-corrected chi connectivity index (χ0v) is 12.0. The second kappa shape index (κ2) is 6.40. The van der Waals surface area contributed by atoms with Gasteiger partial charge in [0.1, 0.15) is 23.4 Å². The molecule has 1 heterocycles. The molecule has 6 nitrogen and oxygen atoms in total. The van der Waals surface area contributed by atoms with Crippen LogP contribution in [0.3, 0.4) is 0 Å². The Hall–Kier alpha value is -2.05. The molecule has 0 bridgehead atoms. The molecular weight excluding hydrogens is 256 g/mol. The summed E-state index contributed by atoms with van der Waals surface area (Å²) in [6.07, 6.45) is 3.69. The van der Waals surface area contributed by atoms with Crippen molar-refractivity contribution >= 4 is 0 Å². The Balaban J connectivity index is 2.46. The van der Waals surface area contributed by atoms with E-state index in [0.29, 0.717) is 11.5 Å². The lowest BCUT2D eigenvalue weighted by atomic mass is 10.1. The molecule has 20 heavy (non-hydrogen) atoms. The van der Waals surface area contributed by atoms with Crippen molar-refractivity contribution in [2.24, 2.45) is 5.84 Å². The minimum Gasteiger partial charge on any atom is -0.497 e. The van der Waals surface area contributed by atoms with Gasteiger partial charge in [-0.3, -0.25) is 5.84 Å². The van der Waals surface area contributed by atoms with Crippen LogP contribution in [0.1, 0.15) is 24.4 Å². The SMILES string of the molecule is CCn1ccnc1C(NN)c1cc(OC)cc(OC)c1. The van der Waals surface area contributed by atoms with E-state index in [1.54, 1.807) is 20.4 Å². The van der Waals surface area contributed by atoms with Crippen LogP contribution < -0.4 is 20.7 Å². The molecule has 2 rings (SSSR count). The minimum atomic E-state index is -0.228. The highest BCUT2D eigenvalue weighted by Crippen LogP contribution is 2.29. The average Bonchev–Trinajstić information content (AvgIpc) is 2.96. The lowest BCUT2D eigenvalue weighted by Crippen LogP contribution is -2.31. The number of methoxy groups -OCH3 is 2. The molecule has 0 spiro atoms. The molecule has 0 saturated carbocycles. The van der Waals surface area contributed by atoms with Crippen molar-refractivity contribution in [3.05, 3.63) is 42.0 Å². The van der Waals surface area contributed by atoms with E-state index in [1.165, 1.54) is 0 Å². The van der Waals surface area contributed by atoms with Gasteiger partial charge in [0.2, 0.25) is 0 Å². The van der Waals surface area contributed by atoms with Gasteiger partial charge in [-0.1, -0.05) is 0 Å². The third-order valence-corrected chi connectivity index (χ3v) is 3.22. The Morgan fingerprint density at radius 3 is 2.40 bits per heavy atom. The number of aryl methyl sites for hydroxylation is 1. The third kappa shape index (κ3) is 2.76. The van der Waals surface area contributed by atoms with Crippen molar-refractivity contribution in [1.82, 2.24) is 15.0 Å². The highest BCUT2D eigenvalue weighted by molar-refractivity contribution is 5.41. The van der Waals surface area contributed by atoms with Crippen LogP contribution in [0.15, 0.2) is 30.6 Å². The van der Waals surface area contributed by atoms with Crippen LogP contribution in [0.25, 0.3) is 0 Å². The molecule has 1 aromatic heterocycles. The van der Waals surface area contributed by atoms with Crippen LogP contribution in [-0.4, -0.2) is 23.8 Å². The summed E-state index contributed by atoms with van der Waals surface area (Å²) in [5, 5.41) is 0. The van der Waals surface area contributed by atoms with Crippen molar-refractivity contribution in [3.63, 3.8) is 0 Å². The molecule has 3 N–H and O–H groups in total. The number of imidazole rings is 1. The van der Waals surface area contributed by atoms with Crippen LogP contribution in [0.2, 0.25) is 0 Å². The lowest BCUT2D eigenvalue weighted by Gasteiger charge is -2.18. The minimum absolute atomic E-state index is 0.228. The first-order valence-electron chi connectivity index (χ1n) is 6.43. The molecule has 1 aromatic carbocycles. The number of aromatic nitrogens is 2. The van der Waals surface area contributed by atoms with E-state index in [-0.39, 0.29) is 6.04 Å². The fraction of sp³-hybridized carbons (Fsp3) is 0.357. The molecule has 0 saturated heterocycles. The molecular formula is C14H20N4O2. The second-order valence-electron chi connectivity index (χ2n) is 4.32. The summed E-state index contributed by atoms with van der Waals surface area (Å²) >= 11 is 0. The highest BCUT2D eigenvalue weighted by atomic mass is 16.5. The third-order valence-electron chi connectivity index (χ3n) is 3.22. The van der Waals surface area contributed by atoms with Crippen LogP contribution in [-0.2, 0) is 6.54 Å². The number of hydrogen-bond acceptors (Lipinski definition) is 5.